The number of hydrogen-bond acceptors (Lipinski definition) is 4. The van der Waals surface area contributed by atoms with E-state index in [4.69, 9.17) is 9.47 Å². The molecular formula is C21H28N2O4. The van der Waals surface area contributed by atoms with E-state index in [2.05, 4.69) is 17.2 Å². The van der Waals surface area contributed by atoms with Gasteiger partial charge in [0.05, 0.1) is 19.6 Å². The summed E-state index contributed by atoms with van der Waals surface area (Å²) in [7, 11) is 0. The Hall–Kier alpha value is -2.68. The molecule has 1 N–H and O–H groups in total. The molecule has 6 nitrogen and oxygen atoms in total. The van der Waals surface area contributed by atoms with Gasteiger partial charge in [-0.15, -0.1) is 0 Å². The predicted molar refractivity (Wildman–Crippen MR) is 104 cm³/mol. The number of ether oxygens (including phenoxy) is 2. The predicted octanol–water partition coefficient (Wildman–Crippen LogP) is 2.16. The summed E-state index contributed by atoms with van der Waals surface area (Å²) in [6.45, 7) is 7.76. The maximum absolute atomic E-state index is 12.4. The first-order valence-electron chi connectivity index (χ1n) is 9.46. The minimum atomic E-state index is -0.177. The van der Waals surface area contributed by atoms with Gasteiger partial charge in [-0.05, 0) is 57.2 Å². The van der Waals surface area contributed by atoms with Gasteiger partial charge in [-0.3, -0.25) is 9.59 Å². The van der Waals surface area contributed by atoms with E-state index < -0.39 is 0 Å². The summed E-state index contributed by atoms with van der Waals surface area (Å²) < 4.78 is 11.2. The zero-order valence-electron chi connectivity index (χ0n) is 16.3. The van der Waals surface area contributed by atoms with Crippen molar-refractivity contribution < 1.29 is 19.1 Å². The van der Waals surface area contributed by atoms with Crippen LogP contribution in [0.25, 0.3) is 0 Å². The fraction of sp³-hybridized carbons (Fsp3) is 0.524. The molecule has 0 aliphatic carbocycles. The van der Waals surface area contributed by atoms with E-state index in [1.165, 1.54) is 0 Å². The van der Waals surface area contributed by atoms with Gasteiger partial charge in [0.2, 0.25) is 5.91 Å². The molecule has 27 heavy (non-hydrogen) atoms. The molecule has 6 heteroatoms. The van der Waals surface area contributed by atoms with Gasteiger partial charge in [-0.25, -0.2) is 0 Å². The number of rotatable bonds is 7. The van der Waals surface area contributed by atoms with Gasteiger partial charge in [-0.1, -0.05) is 12.0 Å². The van der Waals surface area contributed by atoms with Gasteiger partial charge >= 0.3 is 0 Å². The zero-order chi connectivity index (χ0) is 19.6. The summed E-state index contributed by atoms with van der Waals surface area (Å²) in [6, 6.07) is 5.52. The molecule has 1 aromatic carbocycles. The highest BCUT2D eigenvalue weighted by atomic mass is 16.5. The zero-order valence-corrected chi connectivity index (χ0v) is 16.3. The van der Waals surface area contributed by atoms with Gasteiger partial charge in [-0.2, -0.15) is 0 Å². The minimum absolute atomic E-state index is 0.0390. The van der Waals surface area contributed by atoms with E-state index in [0.717, 1.165) is 18.4 Å². The third-order valence-corrected chi connectivity index (χ3v) is 4.28. The smallest absolute Gasteiger partial charge is 0.298 e. The Morgan fingerprint density at radius 1 is 1.22 bits per heavy atom. The number of carbonyl (C=O) groups excluding carboxylic acids is 2. The van der Waals surface area contributed by atoms with Crippen LogP contribution in [0.3, 0.4) is 0 Å². The van der Waals surface area contributed by atoms with Crippen molar-refractivity contribution in [1.29, 1.82) is 0 Å². The van der Waals surface area contributed by atoms with Gasteiger partial charge < -0.3 is 19.7 Å². The van der Waals surface area contributed by atoms with Crippen LogP contribution in [0.15, 0.2) is 18.2 Å². The first-order chi connectivity index (χ1) is 13.1. The van der Waals surface area contributed by atoms with Crippen LogP contribution in [-0.2, 0) is 16.0 Å². The molecule has 1 saturated heterocycles. The summed E-state index contributed by atoms with van der Waals surface area (Å²) in [5.74, 6) is 6.28. The number of amides is 2. The fourth-order valence-corrected chi connectivity index (χ4v) is 3.13. The lowest BCUT2D eigenvalue weighted by Gasteiger charge is -2.32. The lowest BCUT2D eigenvalue weighted by Crippen LogP contribution is -2.49. The van der Waals surface area contributed by atoms with Crippen molar-refractivity contribution in [1.82, 2.24) is 10.2 Å². The normalized spacial score (nSPS) is 16.1. The third kappa shape index (κ3) is 6.21. The second-order valence-corrected chi connectivity index (χ2v) is 6.36. The molecule has 1 aliphatic heterocycles. The van der Waals surface area contributed by atoms with Crippen LogP contribution in [-0.4, -0.2) is 49.1 Å². The number of benzene rings is 1. The van der Waals surface area contributed by atoms with Gasteiger partial charge in [0, 0.05) is 19.1 Å². The van der Waals surface area contributed by atoms with Crippen LogP contribution < -0.4 is 14.8 Å². The lowest BCUT2D eigenvalue weighted by molar-refractivity contribution is -0.128. The quantitative estimate of drug-likeness (QED) is 0.745. The average molecular weight is 372 g/mol. The number of nitrogens with zero attached hydrogens (tertiary/aromatic N) is 1. The summed E-state index contributed by atoms with van der Waals surface area (Å²) in [4.78, 5) is 26.1. The Morgan fingerprint density at radius 2 is 1.96 bits per heavy atom. The molecule has 1 aliphatic rings. The van der Waals surface area contributed by atoms with E-state index in [-0.39, 0.29) is 24.3 Å². The van der Waals surface area contributed by atoms with Crippen LogP contribution in [0, 0.1) is 11.8 Å². The molecule has 1 atom stereocenters. The highest BCUT2D eigenvalue weighted by molar-refractivity contribution is 5.93. The molecule has 1 fully saturated rings. The Balaban J connectivity index is 1.95. The number of hydrogen-bond donors (Lipinski definition) is 1. The van der Waals surface area contributed by atoms with Crippen LogP contribution in [0.5, 0.6) is 11.5 Å². The van der Waals surface area contributed by atoms with Crippen LogP contribution in [0.1, 0.15) is 39.2 Å². The molecule has 0 spiro atoms. The molecule has 1 unspecified atom stereocenters. The molecule has 0 radical (unpaired) electrons. The van der Waals surface area contributed by atoms with Crippen molar-refractivity contribution in [3.05, 3.63) is 23.8 Å². The number of carbonyl (C=O) groups is 2. The van der Waals surface area contributed by atoms with Crippen molar-refractivity contribution in [3.63, 3.8) is 0 Å². The first-order valence-corrected chi connectivity index (χ1v) is 9.46. The highest BCUT2D eigenvalue weighted by Crippen LogP contribution is 2.28. The van der Waals surface area contributed by atoms with E-state index in [1.54, 1.807) is 11.8 Å². The maximum atomic E-state index is 12.4. The van der Waals surface area contributed by atoms with Crippen molar-refractivity contribution in [3.8, 4) is 23.3 Å². The first kappa shape index (κ1) is 20.6. The molecule has 1 heterocycles. The van der Waals surface area contributed by atoms with Crippen LogP contribution >= 0.6 is 0 Å². The van der Waals surface area contributed by atoms with Gasteiger partial charge in [0.1, 0.15) is 0 Å². The van der Waals surface area contributed by atoms with E-state index >= 15 is 0 Å². The Kier molecular flexibility index (Phi) is 8.00. The van der Waals surface area contributed by atoms with Gasteiger partial charge in [0.15, 0.2) is 11.5 Å². The number of piperidine rings is 1. The summed E-state index contributed by atoms with van der Waals surface area (Å²) in [5, 5.41) is 3.03. The SMILES string of the molecule is CC#CC(=O)N1CCCC(NC(=O)Cc2ccc(OCC)c(OCC)c2)C1. The Bertz CT molecular complexity index is 721. The van der Waals surface area contributed by atoms with E-state index in [0.29, 0.717) is 37.8 Å². The van der Waals surface area contributed by atoms with Crippen molar-refractivity contribution in [2.24, 2.45) is 0 Å². The topological polar surface area (TPSA) is 67.9 Å². The molecule has 1 aromatic rings. The number of likely N-dealkylation sites (tertiary alicyclic amines) is 1. The second kappa shape index (κ2) is 10.5. The summed E-state index contributed by atoms with van der Waals surface area (Å²) in [5.41, 5.74) is 0.861. The molecule has 2 amide bonds. The lowest BCUT2D eigenvalue weighted by atomic mass is 10.0. The Morgan fingerprint density at radius 3 is 2.67 bits per heavy atom. The standard InChI is InChI=1S/C21H28N2O4/c1-4-8-21(25)23-12-7-9-17(15-23)22-20(24)14-16-10-11-18(26-5-2)19(13-16)27-6-3/h10-11,13,17H,5-7,9,12,14-15H2,1-3H3,(H,22,24). The van der Waals surface area contributed by atoms with Crippen LogP contribution in [0.2, 0.25) is 0 Å². The second-order valence-electron chi connectivity index (χ2n) is 6.36. The average Bonchev–Trinajstić information content (AvgIpc) is 2.64. The van der Waals surface area contributed by atoms with Crippen molar-refractivity contribution in [2.75, 3.05) is 26.3 Å². The van der Waals surface area contributed by atoms with Crippen molar-refractivity contribution in [2.45, 2.75) is 46.1 Å². The van der Waals surface area contributed by atoms with Gasteiger partial charge in [0.25, 0.3) is 5.91 Å². The molecule has 0 aromatic heterocycles. The van der Waals surface area contributed by atoms with E-state index in [9.17, 15) is 9.59 Å². The van der Waals surface area contributed by atoms with Crippen molar-refractivity contribution >= 4 is 11.8 Å². The van der Waals surface area contributed by atoms with Crippen LogP contribution in [0.4, 0.5) is 0 Å². The Labute approximate surface area is 161 Å². The largest absolute Gasteiger partial charge is 0.490 e. The fourth-order valence-electron chi connectivity index (χ4n) is 3.13. The molecule has 0 saturated carbocycles. The monoisotopic (exact) mass is 372 g/mol. The summed E-state index contributed by atoms with van der Waals surface area (Å²) >= 11 is 0. The molecule has 2 rings (SSSR count). The van der Waals surface area contributed by atoms with E-state index in [1.807, 2.05) is 32.0 Å². The molecule has 0 bridgehead atoms. The maximum Gasteiger partial charge on any atom is 0.298 e. The molecular weight excluding hydrogens is 344 g/mol. The summed E-state index contributed by atoms with van der Waals surface area (Å²) in [6.07, 6.45) is 1.98. The number of nitrogens with one attached hydrogen (secondary N) is 1. The molecule has 146 valence electrons. The third-order valence-electron chi connectivity index (χ3n) is 4.28. The highest BCUT2D eigenvalue weighted by Gasteiger charge is 2.24. The minimum Gasteiger partial charge on any atom is -0.490 e.